The van der Waals surface area contributed by atoms with Crippen molar-refractivity contribution in [1.29, 1.82) is 0 Å². The molecule has 158 valence electrons. The van der Waals surface area contributed by atoms with Gasteiger partial charge in [-0.1, -0.05) is 24.3 Å². The number of hydrogen-bond acceptors (Lipinski definition) is 5. The number of carbonyl (C=O) groups excluding carboxylic acids is 3. The molecule has 0 aliphatic carbocycles. The number of halogens is 1. The van der Waals surface area contributed by atoms with Gasteiger partial charge in [0, 0.05) is 12.1 Å². The molecule has 0 atom stereocenters. The monoisotopic (exact) mass is 438 g/mol. The van der Waals surface area contributed by atoms with Gasteiger partial charge in [-0.15, -0.1) is 11.3 Å². The summed E-state index contributed by atoms with van der Waals surface area (Å²) in [5.41, 5.74) is 2.81. The molecule has 4 amide bonds. The third-order valence-electron chi connectivity index (χ3n) is 4.78. The van der Waals surface area contributed by atoms with Gasteiger partial charge in [0.05, 0.1) is 23.8 Å². The molecule has 1 fully saturated rings. The van der Waals surface area contributed by atoms with Crippen molar-refractivity contribution >= 4 is 34.9 Å². The van der Waals surface area contributed by atoms with Crippen LogP contribution >= 0.6 is 11.3 Å². The van der Waals surface area contributed by atoms with E-state index < -0.39 is 6.03 Å². The third-order valence-corrected chi connectivity index (χ3v) is 5.93. The van der Waals surface area contributed by atoms with E-state index in [1.165, 1.54) is 23.5 Å². The summed E-state index contributed by atoms with van der Waals surface area (Å²) >= 11 is 1.29. The molecule has 31 heavy (non-hydrogen) atoms. The van der Waals surface area contributed by atoms with Crippen LogP contribution in [0.25, 0.3) is 0 Å². The van der Waals surface area contributed by atoms with Crippen LogP contribution in [-0.2, 0) is 17.8 Å². The lowest BCUT2D eigenvalue weighted by Gasteiger charge is -2.13. The largest absolute Gasteiger partial charge is 0.329 e. The molecule has 2 aromatic carbocycles. The fraction of sp³-hybridized carbons (Fsp3) is 0.182. The van der Waals surface area contributed by atoms with Crippen LogP contribution in [0.2, 0.25) is 0 Å². The summed E-state index contributed by atoms with van der Waals surface area (Å²) in [6, 6.07) is 12.8. The maximum Gasteiger partial charge on any atom is 0.324 e. The molecule has 0 radical (unpaired) electrons. The Bertz CT molecular complexity index is 1140. The van der Waals surface area contributed by atoms with Gasteiger partial charge in [-0.2, -0.15) is 0 Å². The SMILES string of the molecule is Cc1nc(Cc2ccc(F)cc2)sc1C(=O)Nc1cccc(CN2C(=O)CNC2=O)c1. The molecule has 1 aliphatic rings. The van der Waals surface area contributed by atoms with E-state index in [0.29, 0.717) is 22.7 Å². The molecular weight excluding hydrogens is 419 g/mol. The Hall–Kier alpha value is -3.59. The lowest BCUT2D eigenvalue weighted by molar-refractivity contribution is -0.125. The lowest BCUT2D eigenvalue weighted by Crippen LogP contribution is -2.30. The first kappa shape index (κ1) is 20.7. The predicted octanol–water partition coefficient (Wildman–Crippen LogP) is 3.49. The van der Waals surface area contributed by atoms with Crippen LogP contribution in [-0.4, -0.2) is 34.3 Å². The number of urea groups is 1. The molecule has 1 aliphatic heterocycles. The molecule has 0 spiro atoms. The fourth-order valence-electron chi connectivity index (χ4n) is 3.25. The molecule has 4 rings (SSSR count). The Morgan fingerprint density at radius 3 is 2.68 bits per heavy atom. The number of imide groups is 1. The van der Waals surface area contributed by atoms with Gasteiger partial charge in [-0.3, -0.25) is 14.5 Å². The van der Waals surface area contributed by atoms with E-state index in [9.17, 15) is 18.8 Å². The molecular formula is C22H19FN4O3S. The van der Waals surface area contributed by atoms with Gasteiger partial charge in [0.1, 0.15) is 10.7 Å². The molecule has 0 saturated carbocycles. The minimum atomic E-state index is -0.423. The van der Waals surface area contributed by atoms with Crippen molar-refractivity contribution in [3.63, 3.8) is 0 Å². The highest BCUT2D eigenvalue weighted by atomic mass is 32.1. The van der Waals surface area contributed by atoms with Crippen molar-refractivity contribution in [2.45, 2.75) is 19.9 Å². The number of rotatable bonds is 6. The Labute approximate surface area is 181 Å². The highest BCUT2D eigenvalue weighted by molar-refractivity contribution is 7.14. The van der Waals surface area contributed by atoms with Crippen LogP contribution in [0.15, 0.2) is 48.5 Å². The topological polar surface area (TPSA) is 91.4 Å². The zero-order valence-corrected chi connectivity index (χ0v) is 17.5. The average molecular weight is 438 g/mol. The zero-order valence-electron chi connectivity index (χ0n) is 16.6. The molecule has 1 saturated heterocycles. The Morgan fingerprint density at radius 1 is 1.19 bits per heavy atom. The van der Waals surface area contributed by atoms with Gasteiger partial charge >= 0.3 is 6.03 Å². The number of anilines is 1. The minimum absolute atomic E-state index is 0.000168. The summed E-state index contributed by atoms with van der Waals surface area (Å²) in [7, 11) is 0. The van der Waals surface area contributed by atoms with Gasteiger partial charge in [-0.25, -0.2) is 14.2 Å². The van der Waals surface area contributed by atoms with Crippen LogP contribution in [0.1, 0.15) is 31.5 Å². The number of nitrogens with zero attached hydrogens (tertiary/aromatic N) is 2. The number of carbonyl (C=O) groups is 3. The Kier molecular flexibility index (Phi) is 5.77. The highest BCUT2D eigenvalue weighted by Gasteiger charge is 2.28. The Balaban J connectivity index is 1.44. The molecule has 1 aromatic heterocycles. The van der Waals surface area contributed by atoms with Crippen molar-refractivity contribution in [3.8, 4) is 0 Å². The smallest absolute Gasteiger partial charge is 0.324 e. The molecule has 0 unspecified atom stereocenters. The number of thiazole rings is 1. The van der Waals surface area contributed by atoms with Crippen LogP contribution < -0.4 is 10.6 Å². The number of hydrogen-bond donors (Lipinski definition) is 2. The average Bonchev–Trinajstić information content (AvgIpc) is 3.26. The van der Waals surface area contributed by atoms with Gasteiger partial charge in [0.2, 0.25) is 5.91 Å². The lowest BCUT2D eigenvalue weighted by atomic mass is 10.1. The standard InChI is InChI=1S/C22H19FN4O3S/c1-13-20(31-18(25-13)10-14-5-7-16(23)8-6-14)21(29)26-17-4-2-3-15(9-17)12-27-19(28)11-24-22(27)30/h2-9H,10-12H2,1H3,(H,24,30)(H,26,29). The van der Waals surface area contributed by atoms with E-state index >= 15 is 0 Å². The Morgan fingerprint density at radius 2 is 1.97 bits per heavy atom. The summed E-state index contributed by atoms with van der Waals surface area (Å²) in [6.07, 6.45) is 0.514. The number of aryl methyl sites for hydroxylation is 1. The second-order valence-corrected chi connectivity index (χ2v) is 8.20. The summed E-state index contributed by atoms with van der Waals surface area (Å²) < 4.78 is 13.1. The first-order valence-electron chi connectivity index (χ1n) is 9.58. The summed E-state index contributed by atoms with van der Waals surface area (Å²) in [5.74, 6) is -0.864. The van der Waals surface area contributed by atoms with E-state index in [-0.39, 0.29) is 30.7 Å². The number of nitrogens with one attached hydrogen (secondary N) is 2. The fourth-order valence-corrected chi connectivity index (χ4v) is 4.24. The third kappa shape index (κ3) is 4.77. The van der Waals surface area contributed by atoms with E-state index in [1.807, 2.05) is 0 Å². The molecule has 2 N–H and O–H groups in total. The minimum Gasteiger partial charge on any atom is -0.329 e. The second kappa shape index (κ2) is 8.65. The van der Waals surface area contributed by atoms with Gasteiger partial charge < -0.3 is 10.6 Å². The van der Waals surface area contributed by atoms with Gasteiger partial charge in [-0.05, 0) is 42.3 Å². The van der Waals surface area contributed by atoms with Crippen molar-refractivity contribution in [1.82, 2.24) is 15.2 Å². The maximum absolute atomic E-state index is 13.1. The zero-order chi connectivity index (χ0) is 22.0. The maximum atomic E-state index is 13.1. The number of amides is 4. The number of aromatic nitrogens is 1. The first-order chi connectivity index (χ1) is 14.9. The van der Waals surface area contributed by atoms with Crippen molar-refractivity contribution in [3.05, 3.63) is 81.1 Å². The predicted molar refractivity (Wildman–Crippen MR) is 114 cm³/mol. The van der Waals surface area contributed by atoms with Gasteiger partial charge in [0.25, 0.3) is 5.91 Å². The molecule has 0 bridgehead atoms. The number of benzene rings is 2. The molecule has 3 aromatic rings. The van der Waals surface area contributed by atoms with Crippen LogP contribution in [0.4, 0.5) is 14.9 Å². The molecule has 7 nitrogen and oxygen atoms in total. The summed E-state index contributed by atoms with van der Waals surface area (Å²) in [6.45, 7) is 1.91. The summed E-state index contributed by atoms with van der Waals surface area (Å²) in [5, 5.41) is 6.09. The van der Waals surface area contributed by atoms with Gasteiger partial charge in [0.15, 0.2) is 0 Å². The van der Waals surface area contributed by atoms with E-state index in [2.05, 4.69) is 15.6 Å². The van der Waals surface area contributed by atoms with Crippen molar-refractivity contribution in [2.24, 2.45) is 0 Å². The highest BCUT2D eigenvalue weighted by Crippen LogP contribution is 2.23. The van der Waals surface area contributed by atoms with E-state index in [0.717, 1.165) is 21.0 Å². The molecule has 9 heteroatoms. The summed E-state index contributed by atoms with van der Waals surface area (Å²) in [4.78, 5) is 42.4. The first-order valence-corrected chi connectivity index (χ1v) is 10.4. The quantitative estimate of drug-likeness (QED) is 0.577. The van der Waals surface area contributed by atoms with E-state index in [1.54, 1.807) is 43.3 Å². The van der Waals surface area contributed by atoms with Crippen LogP contribution in [0.3, 0.4) is 0 Å². The van der Waals surface area contributed by atoms with Crippen LogP contribution in [0.5, 0.6) is 0 Å². The van der Waals surface area contributed by atoms with Crippen molar-refractivity contribution in [2.75, 3.05) is 11.9 Å². The van der Waals surface area contributed by atoms with E-state index in [4.69, 9.17) is 0 Å². The molecule has 2 heterocycles. The second-order valence-electron chi connectivity index (χ2n) is 7.12. The van der Waals surface area contributed by atoms with Crippen molar-refractivity contribution < 1.29 is 18.8 Å². The normalized spacial score (nSPS) is 13.4. The van der Waals surface area contributed by atoms with Crippen LogP contribution in [0, 0.1) is 12.7 Å².